The Morgan fingerprint density at radius 3 is 2.72 bits per heavy atom. The Balaban J connectivity index is 1.98. The molecule has 6 nitrogen and oxygen atoms in total. The van der Waals surface area contributed by atoms with Crippen molar-refractivity contribution in [3.8, 4) is 5.75 Å². The highest BCUT2D eigenvalue weighted by molar-refractivity contribution is 7.13. The number of hydrazone groups is 1. The van der Waals surface area contributed by atoms with E-state index in [-0.39, 0.29) is 11.4 Å². The van der Waals surface area contributed by atoms with Gasteiger partial charge < -0.3 is 10.2 Å². The minimum atomic E-state index is -1.07. The number of phenols is 1. The number of nitrogens with zero attached hydrogens (tertiary/aromatic N) is 2. The highest BCUT2D eigenvalue weighted by atomic mass is 32.1. The van der Waals surface area contributed by atoms with Crippen LogP contribution in [0, 0.1) is 0 Å². The van der Waals surface area contributed by atoms with Gasteiger partial charge in [0, 0.05) is 5.38 Å². The van der Waals surface area contributed by atoms with Crippen molar-refractivity contribution in [1.29, 1.82) is 0 Å². The summed E-state index contributed by atoms with van der Waals surface area (Å²) in [5.74, 6) is -0.882. The van der Waals surface area contributed by atoms with E-state index in [1.54, 1.807) is 30.5 Å². The van der Waals surface area contributed by atoms with Crippen molar-refractivity contribution in [2.24, 2.45) is 5.10 Å². The zero-order valence-electron chi connectivity index (χ0n) is 9.07. The first-order valence-electron chi connectivity index (χ1n) is 4.92. The van der Waals surface area contributed by atoms with Gasteiger partial charge in [0.2, 0.25) is 5.13 Å². The van der Waals surface area contributed by atoms with Gasteiger partial charge in [-0.3, -0.25) is 5.43 Å². The van der Waals surface area contributed by atoms with Gasteiger partial charge in [0.1, 0.15) is 5.75 Å². The monoisotopic (exact) mass is 263 g/mol. The van der Waals surface area contributed by atoms with Crippen LogP contribution < -0.4 is 5.43 Å². The maximum atomic E-state index is 10.6. The van der Waals surface area contributed by atoms with E-state index >= 15 is 0 Å². The molecule has 92 valence electrons. The lowest BCUT2D eigenvalue weighted by Gasteiger charge is -1.94. The Morgan fingerprint density at radius 2 is 2.11 bits per heavy atom. The first-order valence-corrected chi connectivity index (χ1v) is 5.80. The van der Waals surface area contributed by atoms with E-state index in [0.29, 0.717) is 5.13 Å². The van der Waals surface area contributed by atoms with Crippen LogP contribution in [0.3, 0.4) is 0 Å². The molecule has 0 bridgehead atoms. The Morgan fingerprint density at radius 1 is 1.39 bits per heavy atom. The number of thiazole rings is 1. The van der Waals surface area contributed by atoms with Crippen LogP contribution in [0.4, 0.5) is 5.13 Å². The van der Waals surface area contributed by atoms with Crippen molar-refractivity contribution in [3.63, 3.8) is 0 Å². The molecule has 3 N–H and O–H groups in total. The van der Waals surface area contributed by atoms with Crippen LogP contribution in [-0.4, -0.2) is 27.4 Å². The second-order valence-electron chi connectivity index (χ2n) is 3.30. The summed E-state index contributed by atoms with van der Waals surface area (Å²) in [6, 6.07) is 6.50. The molecule has 0 saturated heterocycles. The molecule has 1 aromatic heterocycles. The quantitative estimate of drug-likeness (QED) is 0.579. The number of nitrogens with one attached hydrogen (secondary N) is 1. The highest BCUT2D eigenvalue weighted by Crippen LogP contribution is 2.15. The molecule has 18 heavy (non-hydrogen) atoms. The van der Waals surface area contributed by atoms with E-state index in [0.717, 1.165) is 16.9 Å². The Kier molecular flexibility index (Phi) is 3.54. The molecular formula is C11H9N3O3S. The summed E-state index contributed by atoms with van der Waals surface area (Å²) in [6.07, 6.45) is 1.54. The van der Waals surface area contributed by atoms with E-state index in [9.17, 15) is 4.79 Å². The first-order chi connectivity index (χ1) is 8.65. The van der Waals surface area contributed by atoms with E-state index in [1.807, 2.05) is 0 Å². The smallest absolute Gasteiger partial charge is 0.355 e. The fourth-order valence-electron chi connectivity index (χ4n) is 1.15. The standard InChI is InChI=1S/C11H9N3O3S/c15-8-3-1-7(2-4-8)5-12-14-11-13-9(6-18-11)10(16)17/h1-6,15H,(H,13,14)(H,16,17). The van der Waals surface area contributed by atoms with E-state index in [4.69, 9.17) is 10.2 Å². The predicted octanol–water partition coefficient (Wildman–Crippen LogP) is 1.99. The largest absolute Gasteiger partial charge is 0.508 e. The van der Waals surface area contributed by atoms with Gasteiger partial charge in [-0.1, -0.05) is 0 Å². The van der Waals surface area contributed by atoms with Crippen molar-refractivity contribution < 1.29 is 15.0 Å². The molecule has 0 aliphatic carbocycles. The number of carboxylic acids is 1. The fourth-order valence-corrected chi connectivity index (χ4v) is 1.78. The lowest BCUT2D eigenvalue weighted by molar-refractivity contribution is 0.0691. The van der Waals surface area contributed by atoms with Gasteiger partial charge in [-0.05, 0) is 29.8 Å². The summed E-state index contributed by atoms with van der Waals surface area (Å²) in [5.41, 5.74) is 3.42. The first kappa shape index (κ1) is 12.1. The van der Waals surface area contributed by atoms with Crippen LogP contribution in [0.1, 0.15) is 16.1 Å². The van der Waals surface area contributed by atoms with Gasteiger partial charge in [0.05, 0.1) is 6.21 Å². The summed E-state index contributed by atoms with van der Waals surface area (Å²) < 4.78 is 0. The van der Waals surface area contributed by atoms with Crippen LogP contribution in [0.15, 0.2) is 34.7 Å². The van der Waals surface area contributed by atoms with Gasteiger partial charge >= 0.3 is 5.97 Å². The fraction of sp³-hybridized carbons (Fsp3) is 0. The average Bonchev–Trinajstić information content (AvgIpc) is 2.81. The van der Waals surface area contributed by atoms with E-state index < -0.39 is 5.97 Å². The van der Waals surface area contributed by atoms with E-state index in [2.05, 4.69) is 15.5 Å². The molecule has 0 radical (unpaired) electrons. The van der Waals surface area contributed by atoms with Crippen LogP contribution in [0.2, 0.25) is 0 Å². The van der Waals surface area contributed by atoms with Crippen LogP contribution in [-0.2, 0) is 0 Å². The molecule has 2 rings (SSSR count). The number of carboxylic acid groups (broad SMARTS) is 1. The predicted molar refractivity (Wildman–Crippen MR) is 68.4 cm³/mol. The minimum Gasteiger partial charge on any atom is -0.508 e. The van der Waals surface area contributed by atoms with Gasteiger partial charge in [0.15, 0.2) is 5.69 Å². The molecule has 0 spiro atoms. The molecule has 0 amide bonds. The van der Waals surface area contributed by atoms with Crippen molar-refractivity contribution >= 4 is 28.7 Å². The third-order valence-electron chi connectivity index (χ3n) is 1.99. The summed E-state index contributed by atoms with van der Waals surface area (Å²) in [6.45, 7) is 0. The second-order valence-corrected chi connectivity index (χ2v) is 4.16. The molecule has 0 saturated carbocycles. The summed E-state index contributed by atoms with van der Waals surface area (Å²) in [7, 11) is 0. The number of benzene rings is 1. The molecule has 0 fully saturated rings. The van der Waals surface area contributed by atoms with E-state index in [1.165, 1.54) is 5.38 Å². The lowest BCUT2D eigenvalue weighted by atomic mass is 10.2. The lowest BCUT2D eigenvalue weighted by Crippen LogP contribution is -1.97. The van der Waals surface area contributed by atoms with Gasteiger partial charge in [-0.2, -0.15) is 5.10 Å². The zero-order valence-corrected chi connectivity index (χ0v) is 9.89. The number of phenolic OH excluding ortho intramolecular Hbond substituents is 1. The van der Waals surface area contributed by atoms with Crippen molar-refractivity contribution in [1.82, 2.24) is 4.98 Å². The van der Waals surface area contributed by atoms with Crippen molar-refractivity contribution in [2.75, 3.05) is 5.43 Å². The maximum Gasteiger partial charge on any atom is 0.355 e. The van der Waals surface area contributed by atoms with Crippen LogP contribution in [0.5, 0.6) is 5.75 Å². The SMILES string of the molecule is O=C(O)c1csc(NN=Cc2ccc(O)cc2)n1. The second kappa shape index (κ2) is 5.28. The zero-order chi connectivity index (χ0) is 13.0. The van der Waals surface area contributed by atoms with Crippen LogP contribution >= 0.6 is 11.3 Å². The minimum absolute atomic E-state index is 0.0117. The number of aromatic carboxylic acids is 1. The summed E-state index contributed by atoms with van der Waals surface area (Å²) in [5, 5.41) is 23.5. The van der Waals surface area contributed by atoms with Gasteiger partial charge in [-0.25, -0.2) is 9.78 Å². The Labute approximate surface area is 106 Å². The molecule has 1 aromatic carbocycles. The maximum absolute atomic E-state index is 10.6. The Bertz CT molecular complexity index is 577. The normalized spacial score (nSPS) is 10.7. The third kappa shape index (κ3) is 3.05. The molecule has 7 heteroatoms. The van der Waals surface area contributed by atoms with Crippen LogP contribution in [0.25, 0.3) is 0 Å². The molecule has 1 heterocycles. The number of anilines is 1. The number of carbonyl (C=O) groups is 1. The topological polar surface area (TPSA) is 94.8 Å². The third-order valence-corrected chi connectivity index (χ3v) is 2.74. The average molecular weight is 263 g/mol. The highest BCUT2D eigenvalue weighted by Gasteiger charge is 2.07. The number of hydrogen-bond acceptors (Lipinski definition) is 6. The molecule has 0 atom stereocenters. The van der Waals surface area contributed by atoms with Crippen molar-refractivity contribution in [2.45, 2.75) is 0 Å². The van der Waals surface area contributed by atoms with Gasteiger partial charge in [0.25, 0.3) is 0 Å². The summed E-state index contributed by atoms with van der Waals surface area (Å²) in [4.78, 5) is 14.4. The molecule has 0 aliphatic heterocycles. The number of rotatable bonds is 4. The molecule has 0 aliphatic rings. The molecule has 2 aromatic rings. The number of aromatic nitrogens is 1. The van der Waals surface area contributed by atoms with Gasteiger partial charge in [-0.15, -0.1) is 11.3 Å². The molecular weight excluding hydrogens is 254 g/mol. The van der Waals surface area contributed by atoms with Crippen molar-refractivity contribution in [3.05, 3.63) is 40.9 Å². The number of aromatic hydroxyl groups is 1. The Hall–Kier alpha value is -2.41. The number of hydrogen-bond donors (Lipinski definition) is 3. The molecule has 0 unspecified atom stereocenters. The summed E-state index contributed by atoms with van der Waals surface area (Å²) >= 11 is 1.16.